The van der Waals surface area contributed by atoms with Crippen molar-refractivity contribution in [3.8, 4) is 0 Å². The number of nitrogens with zero attached hydrogens (tertiary/aromatic N) is 2. The molecule has 1 N–H and O–H groups in total. The lowest BCUT2D eigenvalue weighted by Gasteiger charge is -2.56. The summed E-state index contributed by atoms with van der Waals surface area (Å²) >= 11 is 0. The number of amides is 2. The zero-order chi connectivity index (χ0) is 24.3. The third-order valence-electron chi connectivity index (χ3n) is 8.83. The van der Waals surface area contributed by atoms with Crippen LogP contribution in [-0.4, -0.2) is 55.1 Å². The summed E-state index contributed by atoms with van der Waals surface area (Å²) in [4.78, 5) is 29.1. The van der Waals surface area contributed by atoms with Crippen molar-refractivity contribution in [1.29, 1.82) is 0 Å². The molecule has 1 aromatic rings. The van der Waals surface area contributed by atoms with Crippen molar-refractivity contribution in [1.82, 2.24) is 9.21 Å². The van der Waals surface area contributed by atoms with Gasteiger partial charge in [-0.1, -0.05) is 0 Å². The maximum Gasteiger partial charge on any atom is 0.247 e. The molecular formula is C26H37N3O4S. The van der Waals surface area contributed by atoms with Crippen LogP contribution < -0.4 is 5.32 Å². The van der Waals surface area contributed by atoms with E-state index in [1.807, 2.05) is 18.7 Å². The summed E-state index contributed by atoms with van der Waals surface area (Å²) in [5.41, 5.74) is 0.307. The Bertz CT molecular complexity index is 1030. The van der Waals surface area contributed by atoms with E-state index >= 15 is 0 Å². The minimum atomic E-state index is -3.57. The van der Waals surface area contributed by atoms with Gasteiger partial charge in [-0.05, 0) is 107 Å². The summed E-state index contributed by atoms with van der Waals surface area (Å²) in [5, 5.41) is 2.93. The lowest BCUT2D eigenvalue weighted by atomic mass is 9.49. The van der Waals surface area contributed by atoms with Crippen molar-refractivity contribution in [3.05, 3.63) is 24.3 Å². The standard InChI is InChI=1S/C26H37N3O4S/c1-17(2)28(3)34(32,33)22-8-6-21(7-9-22)27-24(30)23-5-4-10-29(23)25(31)26-14-18-11-19(15-26)13-20(12-18)16-26/h6-9,17-20,23H,4-5,10-16H2,1-3H3,(H,27,30)/t18?,19?,20?,23-,26?/m1/s1. The molecule has 1 saturated heterocycles. The number of likely N-dealkylation sites (tertiary alicyclic amines) is 1. The molecule has 4 bridgehead atoms. The molecular weight excluding hydrogens is 450 g/mol. The van der Waals surface area contributed by atoms with E-state index in [0.29, 0.717) is 36.4 Å². The summed E-state index contributed by atoms with van der Waals surface area (Å²) in [7, 11) is -2.01. The summed E-state index contributed by atoms with van der Waals surface area (Å²) in [6.07, 6.45) is 8.39. The molecule has 0 radical (unpaired) electrons. The summed E-state index contributed by atoms with van der Waals surface area (Å²) in [6.45, 7) is 4.30. The van der Waals surface area contributed by atoms with Crippen molar-refractivity contribution in [3.63, 3.8) is 0 Å². The number of nitrogens with one attached hydrogen (secondary N) is 1. The van der Waals surface area contributed by atoms with E-state index in [0.717, 1.165) is 25.7 Å². The van der Waals surface area contributed by atoms with Gasteiger partial charge in [-0.15, -0.1) is 0 Å². The van der Waals surface area contributed by atoms with Crippen LogP contribution in [0.2, 0.25) is 0 Å². The van der Waals surface area contributed by atoms with E-state index in [2.05, 4.69) is 5.32 Å². The smallest absolute Gasteiger partial charge is 0.247 e. The van der Waals surface area contributed by atoms with Crippen LogP contribution in [0.25, 0.3) is 0 Å². The topological polar surface area (TPSA) is 86.8 Å². The molecule has 1 aliphatic heterocycles. The van der Waals surface area contributed by atoms with Crippen molar-refractivity contribution in [2.45, 2.75) is 82.2 Å². The van der Waals surface area contributed by atoms with Gasteiger partial charge in [0.1, 0.15) is 6.04 Å². The van der Waals surface area contributed by atoms with Crippen LogP contribution in [0.5, 0.6) is 0 Å². The Morgan fingerprint density at radius 1 is 1.03 bits per heavy atom. The molecule has 4 saturated carbocycles. The molecule has 186 valence electrons. The highest BCUT2D eigenvalue weighted by atomic mass is 32.2. The average Bonchev–Trinajstić information content (AvgIpc) is 3.27. The summed E-state index contributed by atoms with van der Waals surface area (Å²) < 4.78 is 26.7. The van der Waals surface area contributed by atoms with Gasteiger partial charge in [-0.3, -0.25) is 9.59 Å². The van der Waals surface area contributed by atoms with Gasteiger partial charge in [0.05, 0.1) is 10.3 Å². The molecule has 4 aliphatic carbocycles. The lowest BCUT2D eigenvalue weighted by Crippen LogP contribution is -2.56. The number of carbonyl (C=O) groups excluding carboxylic acids is 2. The maximum atomic E-state index is 13.8. The van der Waals surface area contributed by atoms with E-state index in [4.69, 9.17) is 0 Å². The number of rotatable bonds is 6. The Hall–Kier alpha value is -1.93. The van der Waals surface area contributed by atoms with Crippen LogP contribution in [-0.2, 0) is 19.6 Å². The molecule has 0 unspecified atom stereocenters. The molecule has 1 aromatic carbocycles. The average molecular weight is 488 g/mol. The molecule has 0 spiro atoms. The lowest BCUT2D eigenvalue weighted by molar-refractivity contribution is -0.160. The predicted molar refractivity (Wildman–Crippen MR) is 130 cm³/mol. The van der Waals surface area contributed by atoms with Crippen LogP contribution in [0.4, 0.5) is 5.69 Å². The second-order valence-corrected chi connectivity index (χ2v) is 13.5. The molecule has 2 amide bonds. The summed E-state index contributed by atoms with van der Waals surface area (Å²) in [6, 6.07) is 5.70. The first-order valence-corrected chi connectivity index (χ1v) is 14.2. The molecule has 6 rings (SSSR count). The quantitative estimate of drug-likeness (QED) is 0.660. The zero-order valence-corrected chi connectivity index (χ0v) is 21.3. The van der Waals surface area contributed by atoms with Crippen LogP contribution in [0.1, 0.15) is 65.2 Å². The Balaban J connectivity index is 1.27. The van der Waals surface area contributed by atoms with Crippen molar-refractivity contribution < 1.29 is 18.0 Å². The number of sulfonamides is 1. The zero-order valence-electron chi connectivity index (χ0n) is 20.5. The predicted octanol–water partition coefficient (Wildman–Crippen LogP) is 3.86. The van der Waals surface area contributed by atoms with Gasteiger partial charge in [0.2, 0.25) is 21.8 Å². The van der Waals surface area contributed by atoms with E-state index in [1.54, 1.807) is 19.2 Å². The Morgan fingerprint density at radius 2 is 1.59 bits per heavy atom. The van der Waals surface area contributed by atoms with Gasteiger partial charge >= 0.3 is 0 Å². The highest BCUT2D eigenvalue weighted by Crippen LogP contribution is 2.60. The molecule has 5 fully saturated rings. The molecule has 5 aliphatic rings. The minimum absolute atomic E-state index is 0.149. The molecule has 0 aromatic heterocycles. The fourth-order valence-corrected chi connectivity index (χ4v) is 8.71. The van der Waals surface area contributed by atoms with Gasteiger partial charge < -0.3 is 10.2 Å². The monoisotopic (exact) mass is 487 g/mol. The Morgan fingerprint density at radius 3 is 2.12 bits per heavy atom. The van der Waals surface area contributed by atoms with Crippen molar-refractivity contribution in [2.75, 3.05) is 18.9 Å². The number of benzene rings is 1. The Kier molecular flexibility index (Phi) is 6.04. The van der Waals surface area contributed by atoms with Gasteiger partial charge in [0.15, 0.2) is 0 Å². The largest absolute Gasteiger partial charge is 0.330 e. The van der Waals surface area contributed by atoms with Gasteiger partial charge in [0.25, 0.3) is 0 Å². The fraction of sp³-hybridized carbons (Fsp3) is 0.692. The van der Waals surface area contributed by atoms with Gasteiger partial charge in [0, 0.05) is 25.3 Å². The van der Waals surface area contributed by atoms with Gasteiger partial charge in [-0.2, -0.15) is 4.31 Å². The van der Waals surface area contributed by atoms with E-state index in [1.165, 1.54) is 35.7 Å². The maximum absolute atomic E-state index is 13.8. The normalized spacial score (nSPS) is 32.6. The second-order valence-electron chi connectivity index (χ2n) is 11.5. The third kappa shape index (κ3) is 4.06. The SMILES string of the molecule is CC(C)N(C)S(=O)(=O)c1ccc(NC(=O)[C@H]2CCCN2C(=O)C23CC4CC(CC(C4)C2)C3)cc1. The first-order valence-electron chi connectivity index (χ1n) is 12.8. The highest BCUT2D eigenvalue weighted by molar-refractivity contribution is 7.89. The molecule has 7 nitrogen and oxygen atoms in total. The van der Waals surface area contributed by atoms with Crippen LogP contribution in [0.15, 0.2) is 29.2 Å². The van der Waals surface area contributed by atoms with Crippen LogP contribution in [0.3, 0.4) is 0 Å². The van der Waals surface area contributed by atoms with Gasteiger partial charge in [-0.25, -0.2) is 8.42 Å². The number of hydrogen-bond acceptors (Lipinski definition) is 4. The summed E-state index contributed by atoms with van der Waals surface area (Å²) in [5.74, 6) is 2.10. The fourth-order valence-electron chi connectivity index (χ4n) is 7.34. The molecule has 1 heterocycles. The van der Waals surface area contributed by atoms with Crippen LogP contribution >= 0.6 is 0 Å². The van der Waals surface area contributed by atoms with Crippen LogP contribution in [0, 0.1) is 23.2 Å². The van der Waals surface area contributed by atoms with Crippen molar-refractivity contribution in [2.24, 2.45) is 23.2 Å². The third-order valence-corrected chi connectivity index (χ3v) is 10.9. The number of carbonyl (C=O) groups is 2. The number of anilines is 1. The highest BCUT2D eigenvalue weighted by Gasteiger charge is 2.56. The van der Waals surface area contributed by atoms with Crippen molar-refractivity contribution >= 4 is 27.5 Å². The first kappa shape index (κ1) is 23.8. The first-order chi connectivity index (χ1) is 16.1. The second kappa shape index (κ2) is 8.63. The Labute approximate surface area is 203 Å². The molecule has 34 heavy (non-hydrogen) atoms. The molecule has 8 heteroatoms. The van der Waals surface area contributed by atoms with E-state index < -0.39 is 16.1 Å². The molecule has 1 atom stereocenters. The van der Waals surface area contributed by atoms with E-state index in [9.17, 15) is 18.0 Å². The number of hydrogen-bond donors (Lipinski definition) is 1. The minimum Gasteiger partial charge on any atom is -0.330 e. The van der Waals surface area contributed by atoms with E-state index in [-0.39, 0.29) is 28.2 Å².